The fourth-order valence-electron chi connectivity index (χ4n) is 2.23. The van der Waals surface area contributed by atoms with E-state index in [1.165, 1.54) is 0 Å². The highest BCUT2D eigenvalue weighted by Crippen LogP contribution is 2.42. The zero-order valence-corrected chi connectivity index (χ0v) is 8.05. The molecule has 3 heteroatoms. The van der Waals surface area contributed by atoms with Gasteiger partial charge in [-0.15, -0.1) is 0 Å². The van der Waals surface area contributed by atoms with Crippen LogP contribution >= 0.6 is 0 Å². The highest BCUT2D eigenvalue weighted by Gasteiger charge is 2.43. The molecular formula is C10H16N2O. The molecule has 3 nitrogen and oxygen atoms in total. The Morgan fingerprint density at radius 1 is 1.62 bits per heavy atom. The molecule has 1 amide bonds. The summed E-state index contributed by atoms with van der Waals surface area (Å²) in [7, 11) is 0. The van der Waals surface area contributed by atoms with Crippen molar-refractivity contribution in [1.29, 1.82) is 0 Å². The Labute approximate surface area is 78.6 Å². The van der Waals surface area contributed by atoms with Crippen molar-refractivity contribution in [2.75, 3.05) is 13.1 Å². The van der Waals surface area contributed by atoms with Gasteiger partial charge in [0.1, 0.15) is 0 Å². The summed E-state index contributed by atoms with van der Waals surface area (Å²) in [5, 5.41) is 0. The van der Waals surface area contributed by atoms with E-state index in [1.54, 1.807) is 6.92 Å². The van der Waals surface area contributed by atoms with Crippen molar-refractivity contribution in [2.24, 2.45) is 11.1 Å². The molecule has 0 unspecified atom stereocenters. The Balaban J connectivity index is 1.94. The Morgan fingerprint density at radius 2 is 2.31 bits per heavy atom. The molecule has 2 rings (SSSR count). The van der Waals surface area contributed by atoms with Gasteiger partial charge < -0.3 is 10.6 Å². The van der Waals surface area contributed by atoms with Crippen LogP contribution in [-0.4, -0.2) is 23.9 Å². The fourth-order valence-corrected chi connectivity index (χ4v) is 2.23. The Bertz CT molecular complexity index is 264. The van der Waals surface area contributed by atoms with E-state index in [0.29, 0.717) is 5.41 Å². The van der Waals surface area contributed by atoms with Crippen molar-refractivity contribution in [3.05, 3.63) is 11.8 Å². The average molecular weight is 180 g/mol. The molecule has 2 N–H and O–H groups in total. The van der Waals surface area contributed by atoms with Crippen LogP contribution in [0.3, 0.4) is 0 Å². The third-order valence-corrected chi connectivity index (χ3v) is 3.24. The van der Waals surface area contributed by atoms with Crippen molar-refractivity contribution < 1.29 is 4.79 Å². The molecule has 0 radical (unpaired) electrons. The number of nitrogens with two attached hydrogens (primary N) is 1. The Morgan fingerprint density at radius 3 is 2.77 bits per heavy atom. The van der Waals surface area contributed by atoms with Crippen LogP contribution < -0.4 is 5.73 Å². The van der Waals surface area contributed by atoms with Gasteiger partial charge in [-0.2, -0.15) is 0 Å². The first kappa shape index (κ1) is 8.60. The fraction of sp³-hybridized carbons (Fsp3) is 0.700. The average Bonchev–Trinajstić information content (AvgIpc) is 2.02. The van der Waals surface area contributed by atoms with Crippen molar-refractivity contribution in [2.45, 2.75) is 26.2 Å². The molecule has 0 aromatic heterocycles. The highest BCUT2D eigenvalue weighted by molar-refractivity contribution is 5.74. The maximum absolute atomic E-state index is 11.0. The van der Waals surface area contributed by atoms with E-state index in [-0.39, 0.29) is 5.91 Å². The van der Waals surface area contributed by atoms with Gasteiger partial charge in [-0.25, -0.2) is 0 Å². The predicted octanol–water partition coefficient (Wildman–Crippen LogP) is 0.861. The maximum Gasteiger partial charge on any atom is 0.219 e. The third-order valence-electron chi connectivity index (χ3n) is 3.24. The van der Waals surface area contributed by atoms with E-state index < -0.39 is 0 Å². The van der Waals surface area contributed by atoms with Crippen LogP contribution in [0.15, 0.2) is 11.8 Å². The summed E-state index contributed by atoms with van der Waals surface area (Å²) in [6.45, 7) is 3.51. The van der Waals surface area contributed by atoms with Crippen molar-refractivity contribution in [1.82, 2.24) is 4.90 Å². The summed E-state index contributed by atoms with van der Waals surface area (Å²) in [4.78, 5) is 12.9. The van der Waals surface area contributed by atoms with Crippen LogP contribution in [0, 0.1) is 5.41 Å². The van der Waals surface area contributed by atoms with E-state index in [4.69, 9.17) is 5.73 Å². The Hall–Kier alpha value is -0.990. The topological polar surface area (TPSA) is 46.3 Å². The zero-order chi connectivity index (χ0) is 9.47. The lowest BCUT2D eigenvalue weighted by Gasteiger charge is -2.51. The second-order valence-corrected chi connectivity index (χ2v) is 4.36. The normalized spacial score (nSPS) is 25.3. The van der Waals surface area contributed by atoms with E-state index in [9.17, 15) is 4.79 Å². The number of likely N-dealkylation sites (tertiary alicyclic amines) is 1. The number of carbonyl (C=O) groups is 1. The van der Waals surface area contributed by atoms with Gasteiger partial charge in [-0.1, -0.05) is 6.08 Å². The molecule has 1 heterocycles. The number of allylic oxidation sites excluding steroid dienone is 2. The van der Waals surface area contributed by atoms with Gasteiger partial charge in [0.15, 0.2) is 0 Å². The number of hydrogen-bond acceptors (Lipinski definition) is 2. The first-order valence-electron chi connectivity index (χ1n) is 4.81. The van der Waals surface area contributed by atoms with Gasteiger partial charge in [0, 0.05) is 31.1 Å². The molecule has 1 saturated heterocycles. The summed E-state index contributed by atoms with van der Waals surface area (Å²) in [6, 6.07) is 0. The van der Waals surface area contributed by atoms with Crippen LogP contribution in [-0.2, 0) is 4.79 Å². The van der Waals surface area contributed by atoms with E-state index in [1.807, 2.05) is 4.90 Å². The predicted molar refractivity (Wildman–Crippen MR) is 50.8 cm³/mol. The quantitative estimate of drug-likeness (QED) is 0.601. The molecule has 1 fully saturated rings. The minimum atomic E-state index is 0.202. The molecular weight excluding hydrogens is 164 g/mol. The first-order chi connectivity index (χ1) is 6.11. The number of amides is 1. The number of hydrogen-bond donors (Lipinski definition) is 1. The summed E-state index contributed by atoms with van der Waals surface area (Å²) in [5.74, 6) is 0.202. The lowest BCUT2D eigenvalue weighted by molar-refractivity contribution is -0.141. The van der Waals surface area contributed by atoms with Crippen molar-refractivity contribution >= 4 is 5.91 Å². The van der Waals surface area contributed by atoms with Crippen LogP contribution in [0.25, 0.3) is 0 Å². The van der Waals surface area contributed by atoms with E-state index >= 15 is 0 Å². The lowest BCUT2D eigenvalue weighted by atomic mass is 9.70. The summed E-state index contributed by atoms with van der Waals surface area (Å²) in [5.41, 5.74) is 7.11. The molecule has 0 bridgehead atoms. The molecule has 1 spiro atoms. The standard InChI is InChI=1S/C10H16N2O/c1-8(13)12-6-10(7-12)4-2-9(11)3-5-10/h2H,3-7,11H2,1H3. The van der Waals surface area contributed by atoms with Gasteiger partial charge in [0.25, 0.3) is 0 Å². The molecule has 2 aliphatic rings. The van der Waals surface area contributed by atoms with E-state index in [2.05, 4.69) is 6.08 Å². The molecule has 1 aliphatic heterocycles. The second-order valence-electron chi connectivity index (χ2n) is 4.36. The molecule has 1 aliphatic carbocycles. The summed E-state index contributed by atoms with van der Waals surface area (Å²) < 4.78 is 0. The van der Waals surface area contributed by atoms with E-state index in [0.717, 1.165) is 38.0 Å². The van der Waals surface area contributed by atoms with Crippen molar-refractivity contribution in [3.8, 4) is 0 Å². The molecule has 0 atom stereocenters. The van der Waals surface area contributed by atoms with Crippen LogP contribution in [0.5, 0.6) is 0 Å². The van der Waals surface area contributed by atoms with Crippen LogP contribution in [0.2, 0.25) is 0 Å². The molecule has 13 heavy (non-hydrogen) atoms. The van der Waals surface area contributed by atoms with Gasteiger partial charge in [0.2, 0.25) is 5.91 Å². The largest absolute Gasteiger partial charge is 0.402 e. The van der Waals surface area contributed by atoms with Gasteiger partial charge in [0.05, 0.1) is 0 Å². The molecule has 0 aromatic rings. The van der Waals surface area contributed by atoms with Gasteiger partial charge in [-0.3, -0.25) is 4.79 Å². The monoisotopic (exact) mass is 180 g/mol. The summed E-state index contributed by atoms with van der Waals surface area (Å²) >= 11 is 0. The Kier molecular flexibility index (Phi) is 1.82. The smallest absolute Gasteiger partial charge is 0.219 e. The number of rotatable bonds is 0. The molecule has 0 aromatic carbocycles. The molecule has 72 valence electrons. The zero-order valence-electron chi connectivity index (χ0n) is 8.05. The highest BCUT2D eigenvalue weighted by atomic mass is 16.2. The lowest BCUT2D eigenvalue weighted by Crippen LogP contribution is -2.58. The van der Waals surface area contributed by atoms with Gasteiger partial charge in [-0.05, 0) is 19.3 Å². The maximum atomic E-state index is 11.0. The second kappa shape index (κ2) is 2.76. The summed E-state index contributed by atoms with van der Waals surface area (Å²) in [6.07, 6.45) is 5.34. The minimum Gasteiger partial charge on any atom is -0.402 e. The minimum absolute atomic E-state index is 0.202. The SMILES string of the molecule is CC(=O)N1CC2(CC=C(N)CC2)C1. The van der Waals surface area contributed by atoms with Gasteiger partial charge >= 0.3 is 0 Å². The number of nitrogens with zero attached hydrogens (tertiary/aromatic N) is 1. The number of carbonyl (C=O) groups excluding carboxylic acids is 1. The van der Waals surface area contributed by atoms with Crippen LogP contribution in [0.1, 0.15) is 26.2 Å². The first-order valence-corrected chi connectivity index (χ1v) is 4.81. The molecule has 0 saturated carbocycles. The van der Waals surface area contributed by atoms with Crippen LogP contribution in [0.4, 0.5) is 0 Å². The van der Waals surface area contributed by atoms with Crippen molar-refractivity contribution in [3.63, 3.8) is 0 Å². The third kappa shape index (κ3) is 1.43.